The Morgan fingerprint density at radius 1 is 1.41 bits per heavy atom. The van der Waals surface area contributed by atoms with Crippen molar-refractivity contribution in [3.8, 4) is 0 Å². The number of hydrogen-bond donors (Lipinski definition) is 1. The van der Waals surface area contributed by atoms with Gasteiger partial charge in [0.1, 0.15) is 6.10 Å². The van der Waals surface area contributed by atoms with Crippen LogP contribution in [0.5, 0.6) is 0 Å². The van der Waals surface area contributed by atoms with E-state index in [0.717, 1.165) is 24.1 Å². The molecule has 4 rings (SSSR count). The third-order valence-corrected chi connectivity index (χ3v) is 3.45. The van der Waals surface area contributed by atoms with E-state index < -0.39 is 0 Å². The highest BCUT2D eigenvalue weighted by Crippen LogP contribution is 2.29. The van der Waals surface area contributed by atoms with Crippen molar-refractivity contribution in [2.45, 2.75) is 31.7 Å². The number of rotatable bonds is 3. The molecule has 3 aliphatic rings. The van der Waals surface area contributed by atoms with Crippen LogP contribution in [-0.4, -0.2) is 29.6 Å². The molecule has 2 bridgehead atoms. The van der Waals surface area contributed by atoms with Crippen molar-refractivity contribution in [2.75, 3.05) is 6.54 Å². The minimum absolute atomic E-state index is 0.130. The smallest absolute Gasteiger partial charge is 0.252 e. The number of hydrogen-bond acceptors (Lipinski definition) is 3. The summed E-state index contributed by atoms with van der Waals surface area (Å²) >= 11 is 0. The fourth-order valence-electron chi connectivity index (χ4n) is 2.49. The molecule has 90 valence electrons. The Balaban J connectivity index is 1.71. The van der Waals surface area contributed by atoms with Crippen molar-refractivity contribution >= 4 is 5.91 Å². The topological polar surface area (TPSA) is 55.6 Å². The van der Waals surface area contributed by atoms with Gasteiger partial charge < -0.3 is 15.4 Å². The molecule has 1 aromatic rings. The van der Waals surface area contributed by atoms with Crippen LogP contribution < -0.4 is 5.73 Å². The minimum atomic E-state index is -0.175. The standard InChI is InChI=1S/C13H16N2O2/c14-6-9-2-1-3-10(4-9)7-15-8-11-5-12(17-11)13(15)16/h1-4,11-12H,5-8,14H2. The Bertz CT molecular complexity index is 441. The fourth-order valence-corrected chi connectivity index (χ4v) is 2.49. The van der Waals surface area contributed by atoms with E-state index in [1.807, 2.05) is 23.1 Å². The summed E-state index contributed by atoms with van der Waals surface area (Å²) in [4.78, 5) is 13.8. The largest absolute Gasteiger partial charge is 0.363 e. The number of benzene rings is 1. The summed E-state index contributed by atoms with van der Waals surface area (Å²) in [6.45, 7) is 1.93. The van der Waals surface area contributed by atoms with Gasteiger partial charge in [0.2, 0.25) is 0 Å². The van der Waals surface area contributed by atoms with Gasteiger partial charge in [-0.2, -0.15) is 0 Å². The summed E-state index contributed by atoms with van der Waals surface area (Å²) in [6, 6.07) is 8.09. The molecule has 2 atom stereocenters. The van der Waals surface area contributed by atoms with Gasteiger partial charge in [0, 0.05) is 26.1 Å². The third-order valence-electron chi connectivity index (χ3n) is 3.45. The Hall–Kier alpha value is -1.39. The zero-order valence-corrected chi connectivity index (χ0v) is 9.63. The maximum absolute atomic E-state index is 11.9. The predicted molar refractivity (Wildman–Crippen MR) is 63.0 cm³/mol. The van der Waals surface area contributed by atoms with E-state index in [9.17, 15) is 4.79 Å². The lowest BCUT2D eigenvalue weighted by molar-refractivity contribution is -0.199. The summed E-state index contributed by atoms with van der Waals surface area (Å²) in [6.07, 6.45) is 0.986. The number of carbonyl (C=O) groups excluding carboxylic acids is 1. The first-order valence-corrected chi connectivity index (χ1v) is 5.98. The lowest BCUT2D eigenvalue weighted by Gasteiger charge is -2.46. The van der Waals surface area contributed by atoms with Crippen LogP contribution in [0.25, 0.3) is 0 Å². The number of amides is 1. The molecule has 3 heterocycles. The highest BCUT2D eigenvalue weighted by molar-refractivity contribution is 5.83. The second kappa shape index (κ2) is 4.13. The molecule has 3 fully saturated rings. The zero-order chi connectivity index (χ0) is 11.8. The molecule has 0 aromatic heterocycles. The van der Waals surface area contributed by atoms with Crippen molar-refractivity contribution in [2.24, 2.45) is 5.73 Å². The average Bonchev–Trinajstić information content (AvgIpc) is 2.30. The van der Waals surface area contributed by atoms with Crippen LogP contribution in [0, 0.1) is 0 Å². The van der Waals surface area contributed by atoms with Crippen molar-refractivity contribution in [1.82, 2.24) is 4.90 Å². The monoisotopic (exact) mass is 232 g/mol. The maximum Gasteiger partial charge on any atom is 0.252 e. The molecule has 4 nitrogen and oxygen atoms in total. The van der Waals surface area contributed by atoms with E-state index in [4.69, 9.17) is 10.5 Å². The Kier molecular flexibility index (Phi) is 2.61. The van der Waals surface area contributed by atoms with Crippen molar-refractivity contribution in [3.63, 3.8) is 0 Å². The van der Waals surface area contributed by atoms with Gasteiger partial charge in [-0.05, 0) is 11.1 Å². The number of piperidine rings is 1. The zero-order valence-electron chi connectivity index (χ0n) is 9.63. The van der Waals surface area contributed by atoms with E-state index in [0.29, 0.717) is 13.1 Å². The van der Waals surface area contributed by atoms with Crippen molar-refractivity contribution < 1.29 is 9.53 Å². The Morgan fingerprint density at radius 3 is 2.88 bits per heavy atom. The van der Waals surface area contributed by atoms with E-state index >= 15 is 0 Å². The maximum atomic E-state index is 11.9. The predicted octanol–water partition coefficient (Wildman–Crippen LogP) is 0.645. The van der Waals surface area contributed by atoms with Gasteiger partial charge in [0.25, 0.3) is 5.91 Å². The van der Waals surface area contributed by atoms with Crippen LogP contribution in [0.1, 0.15) is 17.5 Å². The quantitative estimate of drug-likeness (QED) is 0.832. The number of morpholine rings is 1. The average molecular weight is 232 g/mol. The van der Waals surface area contributed by atoms with E-state index in [2.05, 4.69) is 6.07 Å². The van der Waals surface area contributed by atoms with Crippen molar-refractivity contribution in [1.29, 1.82) is 0 Å². The molecule has 0 aliphatic carbocycles. The van der Waals surface area contributed by atoms with Crippen LogP contribution >= 0.6 is 0 Å². The molecule has 2 N–H and O–H groups in total. The Morgan fingerprint density at radius 2 is 2.18 bits per heavy atom. The SMILES string of the molecule is NCc1cccc(CN2CC3CC(O3)C2=O)c1. The number of ether oxygens (including phenoxy) is 1. The van der Waals surface area contributed by atoms with Crippen molar-refractivity contribution in [3.05, 3.63) is 35.4 Å². The summed E-state index contributed by atoms with van der Waals surface area (Å²) in [5, 5.41) is 0. The minimum Gasteiger partial charge on any atom is -0.363 e. The second-order valence-electron chi connectivity index (χ2n) is 4.73. The van der Waals surface area contributed by atoms with E-state index in [-0.39, 0.29) is 18.1 Å². The Labute approximate surface area is 100 Å². The lowest BCUT2D eigenvalue weighted by atomic mass is 9.97. The number of fused-ring (bicyclic) bond motifs is 2. The first-order chi connectivity index (χ1) is 8.26. The van der Waals surface area contributed by atoms with Crippen LogP contribution in [0.3, 0.4) is 0 Å². The summed E-state index contributed by atoms with van der Waals surface area (Å²) in [7, 11) is 0. The molecule has 4 heteroatoms. The fraction of sp³-hybridized carbons (Fsp3) is 0.462. The van der Waals surface area contributed by atoms with Gasteiger partial charge in [0.05, 0.1) is 6.10 Å². The number of nitrogens with two attached hydrogens (primary N) is 1. The van der Waals surface area contributed by atoms with Gasteiger partial charge in [-0.25, -0.2) is 0 Å². The van der Waals surface area contributed by atoms with Gasteiger partial charge in [-0.15, -0.1) is 0 Å². The highest BCUT2D eigenvalue weighted by atomic mass is 16.5. The summed E-state index contributed by atoms with van der Waals surface area (Å²) in [5.41, 5.74) is 7.85. The highest BCUT2D eigenvalue weighted by Gasteiger charge is 2.44. The van der Waals surface area contributed by atoms with Crippen LogP contribution in [-0.2, 0) is 22.6 Å². The molecule has 0 saturated carbocycles. The molecule has 17 heavy (non-hydrogen) atoms. The number of carbonyl (C=O) groups is 1. The van der Waals surface area contributed by atoms with Gasteiger partial charge in [-0.1, -0.05) is 24.3 Å². The van der Waals surface area contributed by atoms with Crippen LogP contribution in [0.2, 0.25) is 0 Å². The molecule has 1 amide bonds. The van der Waals surface area contributed by atoms with Gasteiger partial charge in [0.15, 0.2) is 0 Å². The van der Waals surface area contributed by atoms with E-state index in [1.165, 1.54) is 0 Å². The molecule has 3 saturated heterocycles. The summed E-state index contributed by atoms with van der Waals surface area (Å²) in [5.74, 6) is 0.130. The first kappa shape index (κ1) is 10.7. The molecule has 3 aliphatic heterocycles. The number of nitrogens with zero attached hydrogens (tertiary/aromatic N) is 1. The molecule has 0 radical (unpaired) electrons. The van der Waals surface area contributed by atoms with Gasteiger partial charge >= 0.3 is 0 Å². The molecule has 1 aromatic carbocycles. The molecular formula is C13H16N2O2. The molecule has 0 spiro atoms. The molecule has 2 unspecified atom stereocenters. The lowest BCUT2D eigenvalue weighted by Crippen LogP contribution is -2.60. The normalized spacial score (nSPS) is 26.9. The van der Waals surface area contributed by atoms with Crippen LogP contribution in [0.4, 0.5) is 0 Å². The molecular weight excluding hydrogens is 216 g/mol. The van der Waals surface area contributed by atoms with Crippen LogP contribution in [0.15, 0.2) is 24.3 Å². The van der Waals surface area contributed by atoms with E-state index in [1.54, 1.807) is 0 Å². The second-order valence-corrected chi connectivity index (χ2v) is 4.73. The van der Waals surface area contributed by atoms with Gasteiger partial charge in [-0.3, -0.25) is 4.79 Å². The summed E-state index contributed by atoms with van der Waals surface area (Å²) < 4.78 is 5.39. The third kappa shape index (κ3) is 1.94. The first-order valence-electron chi connectivity index (χ1n) is 5.98.